The van der Waals surface area contributed by atoms with E-state index in [0.717, 1.165) is 5.69 Å². The second-order valence-corrected chi connectivity index (χ2v) is 6.57. The summed E-state index contributed by atoms with van der Waals surface area (Å²) in [6, 6.07) is 1.83. The molecule has 1 saturated heterocycles. The topological polar surface area (TPSA) is 66.8 Å². The molecule has 3 heterocycles. The SMILES string of the molecule is Cc1cc(NCC2(F)CCN(c3ncc(Cl)cn3)CC2)nc(C)n1. The summed E-state index contributed by atoms with van der Waals surface area (Å²) in [7, 11) is 0. The molecule has 2 aromatic heterocycles. The average Bonchev–Trinajstić information content (AvgIpc) is 2.54. The fourth-order valence-electron chi connectivity index (χ4n) is 2.81. The Morgan fingerprint density at radius 1 is 1.21 bits per heavy atom. The van der Waals surface area contributed by atoms with Gasteiger partial charge < -0.3 is 10.2 Å². The highest BCUT2D eigenvalue weighted by atomic mass is 35.5. The van der Waals surface area contributed by atoms with Gasteiger partial charge in [0.2, 0.25) is 5.95 Å². The smallest absolute Gasteiger partial charge is 0.225 e. The second kappa shape index (κ2) is 6.84. The van der Waals surface area contributed by atoms with E-state index in [1.807, 2.05) is 24.8 Å². The van der Waals surface area contributed by atoms with Crippen molar-refractivity contribution in [2.75, 3.05) is 29.9 Å². The Hall–Kier alpha value is -2.02. The van der Waals surface area contributed by atoms with E-state index in [1.54, 1.807) is 12.4 Å². The number of hydrogen-bond donors (Lipinski definition) is 1. The Kier molecular flexibility index (Phi) is 4.80. The van der Waals surface area contributed by atoms with Gasteiger partial charge in [-0.3, -0.25) is 0 Å². The maximum atomic E-state index is 15.0. The molecule has 0 amide bonds. The van der Waals surface area contributed by atoms with Crippen LogP contribution in [-0.2, 0) is 0 Å². The molecule has 1 aliphatic heterocycles. The lowest BCUT2D eigenvalue weighted by Gasteiger charge is -2.36. The molecule has 3 rings (SSSR count). The molecule has 2 aromatic rings. The molecule has 0 radical (unpaired) electrons. The van der Waals surface area contributed by atoms with Crippen molar-refractivity contribution in [3.8, 4) is 0 Å². The predicted molar refractivity (Wildman–Crippen MR) is 92.3 cm³/mol. The molecule has 0 atom stereocenters. The average molecular weight is 351 g/mol. The van der Waals surface area contributed by atoms with Crippen LogP contribution in [0.3, 0.4) is 0 Å². The summed E-state index contributed by atoms with van der Waals surface area (Å²) in [6.45, 7) is 5.10. The minimum absolute atomic E-state index is 0.234. The number of halogens is 2. The molecular formula is C16H20ClFN6. The van der Waals surface area contributed by atoms with Gasteiger partial charge in [-0.1, -0.05) is 11.6 Å². The first-order valence-corrected chi connectivity index (χ1v) is 8.29. The Morgan fingerprint density at radius 2 is 1.88 bits per heavy atom. The van der Waals surface area contributed by atoms with E-state index in [0.29, 0.717) is 48.5 Å². The highest BCUT2D eigenvalue weighted by Crippen LogP contribution is 2.28. The number of nitrogens with one attached hydrogen (secondary N) is 1. The molecule has 1 fully saturated rings. The molecule has 1 aliphatic rings. The van der Waals surface area contributed by atoms with Crippen molar-refractivity contribution in [2.45, 2.75) is 32.4 Å². The van der Waals surface area contributed by atoms with Crippen molar-refractivity contribution in [1.82, 2.24) is 19.9 Å². The molecule has 8 heteroatoms. The van der Waals surface area contributed by atoms with E-state index in [1.165, 1.54) is 0 Å². The number of anilines is 2. The van der Waals surface area contributed by atoms with Gasteiger partial charge in [-0.2, -0.15) is 0 Å². The highest BCUT2D eigenvalue weighted by Gasteiger charge is 2.35. The van der Waals surface area contributed by atoms with Crippen LogP contribution in [0.15, 0.2) is 18.5 Å². The van der Waals surface area contributed by atoms with Gasteiger partial charge in [0.1, 0.15) is 17.3 Å². The lowest BCUT2D eigenvalue weighted by Crippen LogP contribution is -2.46. The van der Waals surface area contributed by atoms with E-state index in [-0.39, 0.29) is 6.54 Å². The van der Waals surface area contributed by atoms with Crippen LogP contribution in [0.4, 0.5) is 16.2 Å². The molecule has 0 bridgehead atoms. The Morgan fingerprint density at radius 3 is 2.50 bits per heavy atom. The third kappa shape index (κ3) is 4.08. The molecule has 1 N–H and O–H groups in total. The van der Waals surface area contributed by atoms with Crippen molar-refractivity contribution in [3.05, 3.63) is 35.0 Å². The summed E-state index contributed by atoms with van der Waals surface area (Å²) in [5.74, 6) is 1.94. The van der Waals surface area contributed by atoms with Crippen LogP contribution < -0.4 is 10.2 Å². The molecule has 0 unspecified atom stereocenters. The van der Waals surface area contributed by atoms with Gasteiger partial charge in [0.25, 0.3) is 0 Å². The Labute approximate surface area is 145 Å². The van der Waals surface area contributed by atoms with Crippen LogP contribution in [-0.4, -0.2) is 45.2 Å². The van der Waals surface area contributed by atoms with E-state index < -0.39 is 5.67 Å². The first-order chi connectivity index (χ1) is 11.4. The van der Waals surface area contributed by atoms with Crippen molar-refractivity contribution < 1.29 is 4.39 Å². The van der Waals surface area contributed by atoms with Crippen LogP contribution in [0.5, 0.6) is 0 Å². The Bertz CT molecular complexity index is 680. The van der Waals surface area contributed by atoms with Gasteiger partial charge in [0.05, 0.1) is 24.0 Å². The van der Waals surface area contributed by atoms with Gasteiger partial charge in [0, 0.05) is 37.7 Å². The standard InChI is InChI=1S/C16H20ClFN6/c1-11-7-14(23-12(2)22-11)21-10-16(18)3-5-24(6-4-16)15-19-8-13(17)9-20-15/h7-9H,3-6,10H2,1-2H3,(H,21,22,23). The first-order valence-electron chi connectivity index (χ1n) is 7.91. The van der Waals surface area contributed by atoms with Crippen LogP contribution in [0.25, 0.3) is 0 Å². The van der Waals surface area contributed by atoms with Crippen LogP contribution in [0.2, 0.25) is 5.02 Å². The molecule has 128 valence electrons. The van der Waals surface area contributed by atoms with E-state index >= 15 is 4.39 Å². The number of piperidine rings is 1. The van der Waals surface area contributed by atoms with Gasteiger partial charge in [-0.25, -0.2) is 24.3 Å². The summed E-state index contributed by atoms with van der Waals surface area (Å²) >= 11 is 5.80. The predicted octanol–water partition coefficient (Wildman–Crippen LogP) is 2.96. The Balaban J connectivity index is 1.57. The monoisotopic (exact) mass is 350 g/mol. The van der Waals surface area contributed by atoms with Gasteiger partial charge in [-0.05, 0) is 13.8 Å². The van der Waals surface area contributed by atoms with Crippen molar-refractivity contribution >= 4 is 23.4 Å². The minimum atomic E-state index is -1.27. The third-order valence-corrected chi connectivity index (χ3v) is 4.30. The number of nitrogens with zero attached hydrogens (tertiary/aromatic N) is 5. The number of hydrogen-bond acceptors (Lipinski definition) is 6. The largest absolute Gasteiger partial charge is 0.367 e. The molecule has 0 aromatic carbocycles. The van der Waals surface area contributed by atoms with Crippen molar-refractivity contribution in [2.24, 2.45) is 0 Å². The maximum Gasteiger partial charge on any atom is 0.225 e. The lowest BCUT2D eigenvalue weighted by molar-refractivity contribution is 0.140. The summed E-state index contributed by atoms with van der Waals surface area (Å²) in [5.41, 5.74) is -0.400. The fourth-order valence-corrected chi connectivity index (χ4v) is 2.91. The number of alkyl halides is 1. The molecule has 6 nitrogen and oxygen atoms in total. The van der Waals surface area contributed by atoms with Gasteiger partial charge in [-0.15, -0.1) is 0 Å². The molecule has 0 saturated carbocycles. The minimum Gasteiger partial charge on any atom is -0.367 e. The zero-order chi connectivity index (χ0) is 17.2. The van der Waals surface area contributed by atoms with E-state index in [2.05, 4.69) is 25.3 Å². The summed E-state index contributed by atoms with van der Waals surface area (Å²) < 4.78 is 15.0. The van der Waals surface area contributed by atoms with Crippen LogP contribution in [0, 0.1) is 13.8 Å². The normalized spacial score (nSPS) is 16.9. The molecule has 24 heavy (non-hydrogen) atoms. The van der Waals surface area contributed by atoms with E-state index in [9.17, 15) is 0 Å². The molecule has 0 aliphatic carbocycles. The van der Waals surface area contributed by atoms with Crippen LogP contribution in [0.1, 0.15) is 24.4 Å². The maximum absolute atomic E-state index is 15.0. The van der Waals surface area contributed by atoms with Crippen LogP contribution >= 0.6 is 11.6 Å². The fraction of sp³-hybridized carbons (Fsp3) is 0.500. The van der Waals surface area contributed by atoms with Gasteiger partial charge in [0.15, 0.2) is 0 Å². The second-order valence-electron chi connectivity index (χ2n) is 6.13. The van der Waals surface area contributed by atoms with Crippen molar-refractivity contribution in [1.29, 1.82) is 0 Å². The molecule has 0 spiro atoms. The zero-order valence-corrected chi connectivity index (χ0v) is 14.5. The zero-order valence-electron chi connectivity index (χ0n) is 13.8. The lowest BCUT2D eigenvalue weighted by atomic mass is 9.93. The summed E-state index contributed by atoms with van der Waals surface area (Å²) in [6.07, 6.45) is 3.94. The molecular weight excluding hydrogens is 331 g/mol. The summed E-state index contributed by atoms with van der Waals surface area (Å²) in [5, 5.41) is 3.60. The van der Waals surface area contributed by atoms with E-state index in [4.69, 9.17) is 11.6 Å². The quantitative estimate of drug-likeness (QED) is 0.914. The third-order valence-electron chi connectivity index (χ3n) is 4.10. The number of rotatable bonds is 4. The number of aromatic nitrogens is 4. The summed E-state index contributed by atoms with van der Waals surface area (Å²) in [4.78, 5) is 18.9. The highest BCUT2D eigenvalue weighted by molar-refractivity contribution is 6.30. The van der Waals surface area contributed by atoms with Crippen molar-refractivity contribution in [3.63, 3.8) is 0 Å². The van der Waals surface area contributed by atoms with Gasteiger partial charge >= 0.3 is 0 Å². The first kappa shape index (κ1) is 16.8. The number of aryl methyl sites for hydroxylation is 2.